The lowest BCUT2D eigenvalue weighted by atomic mass is 10.2. The molecule has 0 spiro atoms. The highest BCUT2D eigenvalue weighted by Gasteiger charge is 2.16. The summed E-state index contributed by atoms with van der Waals surface area (Å²) in [4.78, 5) is 0. The second-order valence-corrected chi connectivity index (χ2v) is 3.94. The molecule has 0 aliphatic heterocycles. The maximum absolute atomic E-state index is 8.91. The molecular formula is C13H14N4O. The molecular weight excluding hydrogens is 228 g/mol. The monoisotopic (exact) mass is 242 g/mol. The molecule has 1 unspecified atom stereocenters. The van der Waals surface area contributed by atoms with Crippen LogP contribution in [0.3, 0.4) is 0 Å². The third-order valence-electron chi connectivity index (χ3n) is 2.79. The van der Waals surface area contributed by atoms with Crippen LogP contribution in [0.5, 0.6) is 0 Å². The van der Waals surface area contributed by atoms with Crippen LogP contribution in [0.15, 0.2) is 30.5 Å². The van der Waals surface area contributed by atoms with Gasteiger partial charge < -0.3 is 10.5 Å². The number of hydrogen-bond donors (Lipinski definition) is 1. The molecule has 5 nitrogen and oxygen atoms in total. The zero-order valence-electron chi connectivity index (χ0n) is 10.3. The van der Waals surface area contributed by atoms with E-state index in [1.807, 2.05) is 19.1 Å². The van der Waals surface area contributed by atoms with Gasteiger partial charge in [0.15, 0.2) is 0 Å². The number of hydrogen-bond acceptors (Lipinski definition) is 4. The van der Waals surface area contributed by atoms with Crippen LogP contribution in [0.2, 0.25) is 0 Å². The molecule has 0 fully saturated rings. The molecule has 92 valence electrons. The third-order valence-corrected chi connectivity index (χ3v) is 2.79. The van der Waals surface area contributed by atoms with E-state index in [-0.39, 0.29) is 6.10 Å². The summed E-state index contributed by atoms with van der Waals surface area (Å²) in [5.41, 5.74) is 8.63. The van der Waals surface area contributed by atoms with Crippen LogP contribution in [0.4, 0.5) is 5.69 Å². The van der Waals surface area contributed by atoms with E-state index in [2.05, 4.69) is 11.2 Å². The number of nitriles is 1. The normalized spacial score (nSPS) is 12.1. The Kier molecular flexibility index (Phi) is 3.31. The first-order valence-electron chi connectivity index (χ1n) is 5.54. The van der Waals surface area contributed by atoms with Crippen molar-refractivity contribution in [3.05, 3.63) is 41.7 Å². The number of nitrogen functional groups attached to an aromatic ring is 1. The molecule has 0 saturated heterocycles. The van der Waals surface area contributed by atoms with Gasteiger partial charge in [-0.2, -0.15) is 10.4 Å². The average Bonchev–Trinajstić information content (AvgIpc) is 2.80. The van der Waals surface area contributed by atoms with Gasteiger partial charge in [-0.05, 0) is 25.1 Å². The first-order valence-corrected chi connectivity index (χ1v) is 5.54. The Morgan fingerprint density at radius 2 is 2.28 bits per heavy atom. The highest BCUT2D eigenvalue weighted by Crippen LogP contribution is 2.25. The molecule has 2 N–H and O–H groups in total. The molecule has 1 atom stereocenters. The van der Waals surface area contributed by atoms with Gasteiger partial charge in [0.2, 0.25) is 0 Å². The van der Waals surface area contributed by atoms with Crippen molar-refractivity contribution >= 4 is 5.69 Å². The second kappa shape index (κ2) is 4.90. The van der Waals surface area contributed by atoms with Gasteiger partial charge in [-0.3, -0.25) is 0 Å². The largest absolute Gasteiger partial charge is 0.396 e. The molecule has 2 rings (SSSR count). The summed E-state index contributed by atoms with van der Waals surface area (Å²) in [6.45, 7) is 1.90. The summed E-state index contributed by atoms with van der Waals surface area (Å²) >= 11 is 0. The van der Waals surface area contributed by atoms with Crippen molar-refractivity contribution in [2.45, 2.75) is 13.0 Å². The molecule has 0 saturated carbocycles. The van der Waals surface area contributed by atoms with Crippen molar-refractivity contribution in [1.29, 1.82) is 5.26 Å². The topological polar surface area (TPSA) is 76.9 Å². The quantitative estimate of drug-likeness (QED) is 0.893. The number of methoxy groups -OCH3 is 1. The minimum absolute atomic E-state index is 0.168. The molecule has 0 amide bonds. The number of anilines is 1. The van der Waals surface area contributed by atoms with E-state index in [9.17, 15) is 0 Å². The van der Waals surface area contributed by atoms with Crippen molar-refractivity contribution in [3.8, 4) is 11.8 Å². The zero-order chi connectivity index (χ0) is 13.1. The molecule has 0 radical (unpaired) electrons. The smallest absolute Gasteiger partial charge is 0.0992 e. The van der Waals surface area contributed by atoms with Gasteiger partial charge in [0.05, 0.1) is 41.0 Å². The summed E-state index contributed by atoms with van der Waals surface area (Å²) in [7, 11) is 1.62. The molecule has 0 aliphatic rings. The summed E-state index contributed by atoms with van der Waals surface area (Å²) in [5, 5.41) is 13.1. The Hall–Kier alpha value is -2.32. The molecule has 18 heavy (non-hydrogen) atoms. The molecule has 1 aromatic heterocycles. The number of benzene rings is 1. The van der Waals surface area contributed by atoms with E-state index < -0.39 is 0 Å². The van der Waals surface area contributed by atoms with Crippen LogP contribution in [0, 0.1) is 11.3 Å². The van der Waals surface area contributed by atoms with Crippen LogP contribution < -0.4 is 5.73 Å². The first-order chi connectivity index (χ1) is 8.67. The third kappa shape index (κ3) is 2.06. The number of ether oxygens (including phenoxy) is 1. The lowest BCUT2D eigenvalue weighted by Gasteiger charge is -2.13. The van der Waals surface area contributed by atoms with E-state index >= 15 is 0 Å². The summed E-state index contributed by atoms with van der Waals surface area (Å²) in [5.74, 6) is 0. The molecule has 2 aromatic rings. The lowest BCUT2D eigenvalue weighted by Crippen LogP contribution is -2.08. The van der Waals surface area contributed by atoms with E-state index in [1.54, 1.807) is 30.1 Å². The van der Waals surface area contributed by atoms with Gasteiger partial charge in [0.25, 0.3) is 0 Å². The SMILES string of the molecule is COC(C)c1c(N)cnn1-c1cccc(C#N)c1. The van der Waals surface area contributed by atoms with Gasteiger partial charge >= 0.3 is 0 Å². The number of rotatable bonds is 3. The van der Waals surface area contributed by atoms with E-state index in [1.165, 1.54) is 0 Å². The predicted molar refractivity (Wildman–Crippen MR) is 68.1 cm³/mol. The molecule has 1 aromatic carbocycles. The first kappa shape index (κ1) is 12.1. The van der Waals surface area contributed by atoms with Crippen molar-refractivity contribution in [3.63, 3.8) is 0 Å². The average molecular weight is 242 g/mol. The Balaban J connectivity index is 2.54. The molecule has 0 aliphatic carbocycles. The van der Waals surface area contributed by atoms with Crippen molar-refractivity contribution in [2.75, 3.05) is 12.8 Å². The minimum atomic E-state index is -0.168. The van der Waals surface area contributed by atoms with Gasteiger partial charge in [-0.1, -0.05) is 6.07 Å². The number of nitrogens with two attached hydrogens (primary N) is 1. The highest BCUT2D eigenvalue weighted by atomic mass is 16.5. The minimum Gasteiger partial charge on any atom is -0.396 e. The maximum atomic E-state index is 8.91. The lowest BCUT2D eigenvalue weighted by molar-refractivity contribution is 0.114. The maximum Gasteiger partial charge on any atom is 0.0992 e. The summed E-state index contributed by atoms with van der Waals surface area (Å²) in [6.07, 6.45) is 1.42. The Bertz CT molecular complexity index is 597. The van der Waals surface area contributed by atoms with Gasteiger partial charge in [0.1, 0.15) is 0 Å². The number of nitrogens with zero attached hydrogens (tertiary/aromatic N) is 3. The fraction of sp³-hybridized carbons (Fsp3) is 0.231. The molecule has 1 heterocycles. The summed E-state index contributed by atoms with van der Waals surface area (Å²) in [6, 6.07) is 9.30. The van der Waals surface area contributed by atoms with Gasteiger partial charge in [-0.25, -0.2) is 4.68 Å². The predicted octanol–water partition coefficient (Wildman–Crippen LogP) is 2.03. The Labute approximate surface area is 105 Å². The fourth-order valence-corrected chi connectivity index (χ4v) is 1.80. The van der Waals surface area contributed by atoms with Crippen LogP contribution in [0.25, 0.3) is 5.69 Å². The van der Waals surface area contributed by atoms with Crippen LogP contribution in [-0.2, 0) is 4.74 Å². The van der Waals surface area contributed by atoms with E-state index in [4.69, 9.17) is 15.7 Å². The fourth-order valence-electron chi connectivity index (χ4n) is 1.80. The van der Waals surface area contributed by atoms with Crippen molar-refractivity contribution < 1.29 is 4.74 Å². The highest BCUT2D eigenvalue weighted by molar-refractivity contribution is 5.49. The van der Waals surface area contributed by atoms with Crippen molar-refractivity contribution in [1.82, 2.24) is 9.78 Å². The van der Waals surface area contributed by atoms with E-state index in [0.717, 1.165) is 11.4 Å². The van der Waals surface area contributed by atoms with Crippen LogP contribution in [-0.4, -0.2) is 16.9 Å². The Morgan fingerprint density at radius 3 is 2.94 bits per heavy atom. The zero-order valence-corrected chi connectivity index (χ0v) is 10.3. The molecule has 0 bridgehead atoms. The van der Waals surface area contributed by atoms with Crippen LogP contribution in [0.1, 0.15) is 24.3 Å². The standard InChI is InChI=1S/C13H14N4O/c1-9(18-2)13-12(15)8-16-17(13)11-5-3-4-10(6-11)7-14/h3-6,8-9H,15H2,1-2H3. The second-order valence-electron chi connectivity index (χ2n) is 3.94. The van der Waals surface area contributed by atoms with Crippen molar-refractivity contribution in [2.24, 2.45) is 0 Å². The molecule has 5 heteroatoms. The number of aromatic nitrogens is 2. The van der Waals surface area contributed by atoms with Gasteiger partial charge in [0, 0.05) is 7.11 Å². The van der Waals surface area contributed by atoms with E-state index in [0.29, 0.717) is 11.3 Å². The summed E-state index contributed by atoms with van der Waals surface area (Å²) < 4.78 is 6.99. The van der Waals surface area contributed by atoms with Crippen LogP contribution >= 0.6 is 0 Å². The Morgan fingerprint density at radius 1 is 1.50 bits per heavy atom. The van der Waals surface area contributed by atoms with Gasteiger partial charge in [-0.15, -0.1) is 0 Å².